The van der Waals surface area contributed by atoms with E-state index < -0.39 is 11.7 Å². The van der Waals surface area contributed by atoms with Gasteiger partial charge in [0, 0.05) is 43.2 Å². The standard InChI is InChI=1S/C30H35F3N4O/c1-20(21-7-3-2-4-8-21)35-17-25-24-9-5-6-10-27(24)36-29(22-11-13-23(14-12-22)30(31,32)33)26(25)18-37-16-15-34-28(38)19-37/h5-6,9-14,20-21,35H,2-4,7-8,15-19H2,1H3,(H,34,38)/t20-/m0/s1. The lowest BCUT2D eigenvalue weighted by Gasteiger charge is -2.31. The van der Waals surface area contributed by atoms with Gasteiger partial charge < -0.3 is 10.6 Å². The molecule has 1 aliphatic carbocycles. The van der Waals surface area contributed by atoms with Gasteiger partial charge in [-0.05, 0) is 55.0 Å². The number of benzene rings is 2. The van der Waals surface area contributed by atoms with Crippen LogP contribution in [-0.2, 0) is 24.1 Å². The molecule has 2 N–H and O–H groups in total. The largest absolute Gasteiger partial charge is 0.416 e. The topological polar surface area (TPSA) is 57.3 Å². The van der Waals surface area contributed by atoms with Crippen LogP contribution in [0.5, 0.6) is 0 Å². The van der Waals surface area contributed by atoms with Crippen molar-refractivity contribution in [1.29, 1.82) is 0 Å². The van der Waals surface area contributed by atoms with Crippen molar-refractivity contribution in [1.82, 2.24) is 20.5 Å². The first-order valence-electron chi connectivity index (χ1n) is 13.6. The van der Waals surface area contributed by atoms with Crippen molar-refractivity contribution < 1.29 is 18.0 Å². The number of para-hydroxylation sites is 1. The molecular formula is C30H35F3N4O. The Morgan fingerprint density at radius 3 is 2.50 bits per heavy atom. The van der Waals surface area contributed by atoms with Crippen LogP contribution in [0.3, 0.4) is 0 Å². The van der Waals surface area contributed by atoms with E-state index in [0.717, 1.165) is 34.2 Å². The van der Waals surface area contributed by atoms with E-state index in [4.69, 9.17) is 4.98 Å². The Morgan fingerprint density at radius 1 is 1.05 bits per heavy atom. The molecule has 2 heterocycles. The minimum Gasteiger partial charge on any atom is -0.354 e. The Morgan fingerprint density at radius 2 is 1.79 bits per heavy atom. The van der Waals surface area contributed by atoms with E-state index in [1.807, 2.05) is 18.2 Å². The molecule has 202 valence electrons. The van der Waals surface area contributed by atoms with Crippen molar-refractivity contribution in [3.05, 3.63) is 65.2 Å². The van der Waals surface area contributed by atoms with Crippen molar-refractivity contribution in [2.45, 2.75) is 64.3 Å². The Labute approximate surface area is 221 Å². The predicted octanol–water partition coefficient (Wildman–Crippen LogP) is 5.91. The number of carbonyl (C=O) groups is 1. The van der Waals surface area contributed by atoms with Crippen LogP contribution in [0, 0.1) is 5.92 Å². The van der Waals surface area contributed by atoms with Crippen LogP contribution < -0.4 is 10.6 Å². The monoisotopic (exact) mass is 524 g/mol. The van der Waals surface area contributed by atoms with Gasteiger partial charge in [0.25, 0.3) is 0 Å². The number of alkyl halides is 3. The second-order valence-corrected chi connectivity index (χ2v) is 10.6. The summed E-state index contributed by atoms with van der Waals surface area (Å²) < 4.78 is 39.8. The van der Waals surface area contributed by atoms with Gasteiger partial charge in [-0.3, -0.25) is 9.69 Å². The highest BCUT2D eigenvalue weighted by Gasteiger charge is 2.30. The average Bonchev–Trinajstić information content (AvgIpc) is 2.92. The number of aromatic nitrogens is 1. The summed E-state index contributed by atoms with van der Waals surface area (Å²) in [4.78, 5) is 19.2. The molecule has 3 aromatic rings. The van der Waals surface area contributed by atoms with E-state index in [1.54, 1.807) is 0 Å². The number of carbonyl (C=O) groups excluding carboxylic acids is 1. The molecule has 0 bridgehead atoms. The van der Waals surface area contributed by atoms with Crippen molar-refractivity contribution in [3.8, 4) is 11.3 Å². The zero-order valence-corrected chi connectivity index (χ0v) is 21.8. The number of pyridine rings is 1. The normalized spacial score (nSPS) is 18.5. The fourth-order valence-corrected chi connectivity index (χ4v) is 5.86. The zero-order valence-electron chi connectivity index (χ0n) is 21.8. The van der Waals surface area contributed by atoms with Gasteiger partial charge in [0.15, 0.2) is 0 Å². The lowest BCUT2D eigenvalue weighted by atomic mass is 9.84. The van der Waals surface area contributed by atoms with E-state index in [-0.39, 0.29) is 12.5 Å². The number of rotatable bonds is 7. The molecule has 1 atom stereocenters. The number of hydrogen-bond acceptors (Lipinski definition) is 4. The van der Waals surface area contributed by atoms with Crippen LogP contribution >= 0.6 is 0 Å². The quantitative estimate of drug-likeness (QED) is 0.404. The summed E-state index contributed by atoms with van der Waals surface area (Å²) in [6.45, 7) is 4.94. The van der Waals surface area contributed by atoms with Crippen LogP contribution in [0.15, 0.2) is 48.5 Å². The Kier molecular flexibility index (Phi) is 8.00. The second kappa shape index (κ2) is 11.4. The molecule has 0 radical (unpaired) electrons. The Bertz CT molecular complexity index is 1270. The minimum atomic E-state index is -4.40. The van der Waals surface area contributed by atoms with Crippen LogP contribution in [-0.4, -0.2) is 41.5 Å². The van der Waals surface area contributed by atoms with E-state index in [2.05, 4.69) is 28.5 Å². The van der Waals surface area contributed by atoms with Gasteiger partial charge in [-0.25, -0.2) is 4.98 Å². The fourth-order valence-electron chi connectivity index (χ4n) is 5.86. The van der Waals surface area contributed by atoms with E-state index >= 15 is 0 Å². The third kappa shape index (κ3) is 6.02. The Balaban J connectivity index is 1.57. The summed E-state index contributed by atoms with van der Waals surface area (Å²) in [7, 11) is 0. The highest BCUT2D eigenvalue weighted by Crippen LogP contribution is 2.35. The first-order valence-corrected chi connectivity index (χ1v) is 13.6. The maximum atomic E-state index is 13.3. The summed E-state index contributed by atoms with van der Waals surface area (Å²) >= 11 is 0. The third-order valence-corrected chi connectivity index (χ3v) is 8.05. The minimum absolute atomic E-state index is 0.0216. The van der Waals surface area contributed by atoms with Crippen molar-refractivity contribution in [3.63, 3.8) is 0 Å². The molecule has 5 nitrogen and oxygen atoms in total. The zero-order chi connectivity index (χ0) is 26.7. The summed E-state index contributed by atoms with van der Waals surface area (Å²) in [6.07, 6.45) is 1.92. The molecule has 5 rings (SSSR count). The first-order chi connectivity index (χ1) is 18.3. The lowest BCUT2D eigenvalue weighted by Crippen LogP contribution is -2.47. The lowest BCUT2D eigenvalue weighted by molar-refractivity contribution is -0.137. The number of halogens is 3. The van der Waals surface area contributed by atoms with E-state index in [0.29, 0.717) is 49.4 Å². The molecule has 0 unspecified atom stereocenters. The van der Waals surface area contributed by atoms with Crippen LogP contribution in [0.4, 0.5) is 13.2 Å². The molecule has 2 fully saturated rings. The molecule has 38 heavy (non-hydrogen) atoms. The average molecular weight is 525 g/mol. The summed E-state index contributed by atoms with van der Waals surface area (Å²) in [5.74, 6) is 0.618. The summed E-state index contributed by atoms with van der Waals surface area (Å²) in [5, 5.41) is 7.68. The SMILES string of the molecule is C[C@H](NCc1c(CN2CCNC(=O)C2)c(-c2ccc(C(F)(F)F)cc2)nc2ccccc12)C1CCCCC1. The van der Waals surface area contributed by atoms with Gasteiger partial charge >= 0.3 is 6.18 Å². The highest BCUT2D eigenvalue weighted by atomic mass is 19.4. The highest BCUT2D eigenvalue weighted by molar-refractivity contribution is 5.87. The van der Waals surface area contributed by atoms with E-state index in [1.165, 1.54) is 44.2 Å². The van der Waals surface area contributed by atoms with Gasteiger partial charge in [-0.2, -0.15) is 13.2 Å². The van der Waals surface area contributed by atoms with Crippen molar-refractivity contribution in [2.24, 2.45) is 5.92 Å². The van der Waals surface area contributed by atoms with Gasteiger partial charge in [-0.15, -0.1) is 0 Å². The number of nitrogens with zero attached hydrogens (tertiary/aromatic N) is 2. The molecular weight excluding hydrogens is 489 g/mol. The molecule has 2 aromatic carbocycles. The van der Waals surface area contributed by atoms with Crippen molar-refractivity contribution >= 4 is 16.8 Å². The van der Waals surface area contributed by atoms with Gasteiger partial charge in [0.1, 0.15) is 0 Å². The van der Waals surface area contributed by atoms with Gasteiger partial charge in [0.2, 0.25) is 5.91 Å². The summed E-state index contributed by atoms with van der Waals surface area (Å²) in [6, 6.07) is 13.5. The number of hydrogen-bond donors (Lipinski definition) is 2. The fraction of sp³-hybridized carbons (Fsp3) is 0.467. The summed E-state index contributed by atoms with van der Waals surface area (Å²) in [5.41, 5.74) is 3.50. The number of fused-ring (bicyclic) bond motifs is 1. The van der Waals surface area contributed by atoms with E-state index in [9.17, 15) is 18.0 Å². The molecule has 2 aliphatic rings. The first kappa shape index (κ1) is 26.6. The van der Waals surface area contributed by atoms with Crippen molar-refractivity contribution in [2.75, 3.05) is 19.6 Å². The number of nitrogens with one attached hydrogen (secondary N) is 2. The molecule has 1 saturated heterocycles. The predicted molar refractivity (Wildman–Crippen MR) is 143 cm³/mol. The molecule has 8 heteroatoms. The van der Waals surface area contributed by atoms with Crippen LogP contribution in [0.25, 0.3) is 22.2 Å². The number of piperazine rings is 1. The maximum absolute atomic E-state index is 13.3. The molecule has 0 spiro atoms. The van der Waals surface area contributed by atoms with Crippen LogP contribution in [0.2, 0.25) is 0 Å². The van der Waals surface area contributed by atoms with Crippen LogP contribution in [0.1, 0.15) is 55.7 Å². The smallest absolute Gasteiger partial charge is 0.354 e. The molecule has 1 aromatic heterocycles. The Hall–Kier alpha value is -2.97. The van der Waals surface area contributed by atoms with Gasteiger partial charge in [0.05, 0.1) is 23.3 Å². The third-order valence-electron chi connectivity index (χ3n) is 8.05. The van der Waals surface area contributed by atoms with Gasteiger partial charge in [-0.1, -0.05) is 49.6 Å². The maximum Gasteiger partial charge on any atom is 0.416 e. The molecule has 1 aliphatic heterocycles. The molecule has 1 saturated carbocycles. The molecule has 1 amide bonds. The second-order valence-electron chi connectivity index (χ2n) is 10.6. The number of amides is 1.